The Balaban J connectivity index is 1.30. The summed E-state index contributed by atoms with van der Waals surface area (Å²) in [6.07, 6.45) is 0. The van der Waals surface area contributed by atoms with E-state index in [9.17, 15) is 4.79 Å². The molecule has 5 aromatic rings. The summed E-state index contributed by atoms with van der Waals surface area (Å²) in [6, 6.07) is 19.9. The molecule has 2 aromatic heterocycles. The van der Waals surface area contributed by atoms with E-state index in [1.165, 1.54) is 11.1 Å². The number of carbonyl (C=O) groups is 1. The molecule has 6 nitrogen and oxygen atoms in total. The Kier molecular flexibility index (Phi) is 6.09. The minimum absolute atomic E-state index is 0.192. The molecule has 0 aliphatic rings. The Morgan fingerprint density at radius 2 is 1.71 bits per heavy atom. The summed E-state index contributed by atoms with van der Waals surface area (Å²) < 4.78 is 12.4. The van der Waals surface area contributed by atoms with Gasteiger partial charge in [-0.1, -0.05) is 28.9 Å². The van der Waals surface area contributed by atoms with Crippen molar-refractivity contribution in [3.05, 3.63) is 94.4 Å². The molecule has 0 saturated heterocycles. The number of nitrogens with zero attached hydrogens (tertiary/aromatic N) is 2. The molecule has 0 radical (unpaired) electrons. The van der Waals surface area contributed by atoms with Crippen LogP contribution in [0.5, 0.6) is 5.75 Å². The lowest BCUT2D eigenvalue weighted by molar-refractivity contribution is 0.101. The molecule has 5 rings (SSSR count). The zero-order chi connectivity index (χ0) is 24.5. The number of thiazole rings is 1. The van der Waals surface area contributed by atoms with Gasteiger partial charge in [-0.25, -0.2) is 4.98 Å². The molecule has 0 atom stereocenters. The quantitative estimate of drug-likeness (QED) is 0.281. The Labute approximate surface area is 207 Å². The number of carbonyl (C=O) groups excluding carboxylic acids is 1. The second-order valence-corrected chi connectivity index (χ2v) is 9.68. The molecule has 176 valence electrons. The summed E-state index contributed by atoms with van der Waals surface area (Å²) >= 11 is 1.66. The molecule has 2 heterocycles. The standard InChI is InChI=1S/C28H25N3O3S/c1-16-6-12-24(18(3)13-16)33-15-22-19(4)34-31-26(22)27(32)29-21-9-7-20(8-10-21)28-30-23-11-5-17(2)14-25(23)35-28/h5-14H,15H2,1-4H3,(H,29,32). The number of aromatic nitrogens is 2. The average Bonchev–Trinajstić information content (AvgIpc) is 3.42. The van der Waals surface area contributed by atoms with Crippen LogP contribution in [0.25, 0.3) is 20.8 Å². The maximum Gasteiger partial charge on any atom is 0.278 e. The van der Waals surface area contributed by atoms with Gasteiger partial charge in [0.05, 0.1) is 15.8 Å². The first-order chi connectivity index (χ1) is 16.9. The summed E-state index contributed by atoms with van der Waals surface area (Å²) in [5.74, 6) is 0.980. The van der Waals surface area contributed by atoms with Crippen molar-refractivity contribution in [2.45, 2.75) is 34.3 Å². The monoisotopic (exact) mass is 483 g/mol. The average molecular weight is 484 g/mol. The summed E-state index contributed by atoms with van der Waals surface area (Å²) in [6.45, 7) is 8.08. The minimum Gasteiger partial charge on any atom is -0.488 e. The first-order valence-electron chi connectivity index (χ1n) is 11.3. The molecule has 1 amide bonds. The normalized spacial score (nSPS) is 11.1. The van der Waals surface area contributed by atoms with Crippen molar-refractivity contribution in [2.24, 2.45) is 0 Å². The largest absolute Gasteiger partial charge is 0.488 e. The van der Waals surface area contributed by atoms with Crippen LogP contribution in [0.2, 0.25) is 0 Å². The second kappa shape index (κ2) is 9.35. The summed E-state index contributed by atoms with van der Waals surface area (Å²) in [5.41, 5.74) is 6.92. The molecule has 3 aromatic carbocycles. The van der Waals surface area contributed by atoms with Gasteiger partial charge in [0.15, 0.2) is 5.69 Å². The third-order valence-electron chi connectivity index (χ3n) is 5.84. The van der Waals surface area contributed by atoms with Crippen molar-refractivity contribution < 1.29 is 14.1 Å². The lowest BCUT2D eigenvalue weighted by Gasteiger charge is -2.10. The Bertz CT molecular complexity index is 1530. The van der Waals surface area contributed by atoms with Crippen LogP contribution in [0, 0.1) is 27.7 Å². The van der Waals surface area contributed by atoms with Crippen molar-refractivity contribution in [1.82, 2.24) is 10.1 Å². The lowest BCUT2D eigenvalue weighted by Crippen LogP contribution is -2.15. The highest BCUT2D eigenvalue weighted by Crippen LogP contribution is 2.31. The Morgan fingerprint density at radius 3 is 2.49 bits per heavy atom. The fourth-order valence-electron chi connectivity index (χ4n) is 3.89. The van der Waals surface area contributed by atoms with Gasteiger partial charge in [0.1, 0.15) is 23.1 Å². The van der Waals surface area contributed by atoms with E-state index in [2.05, 4.69) is 35.6 Å². The predicted octanol–water partition coefficient (Wildman–Crippen LogP) is 7.02. The number of hydrogen-bond donors (Lipinski definition) is 1. The van der Waals surface area contributed by atoms with Crippen molar-refractivity contribution in [3.8, 4) is 16.3 Å². The molecule has 1 N–H and O–H groups in total. The lowest BCUT2D eigenvalue weighted by atomic mass is 10.1. The van der Waals surface area contributed by atoms with Gasteiger partial charge in [-0.15, -0.1) is 11.3 Å². The molecule has 0 aliphatic carbocycles. The summed E-state index contributed by atoms with van der Waals surface area (Å²) in [4.78, 5) is 17.7. The van der Waals surface area contributed by atoms with Crippen LogP contribution in [0.1, 0.15) is 38.5 Å². The first-order valence-corrected chi connectivity index (χ1v) is 12.1. The van der Waals surface area contributed by atoms with Gasteiger partial charge in [0, 0.05) is 11.3 Å². The first kappa shape index (κ1) is 22.8. The van der Waals surface area contributed by atoms with Gasteiger partial charge >= 0.3 is 0 Å². The van der Waals surface area contributed by atoms with Gasteiger partial charge in [-0.3, -0.25) is 4.79 Å². The number of nitrogens with one attached hydrogen (secondary N) is 1. The summed E-state index contributed by atoms with van der Waals surface area (Å²) in [5, 5.41) is 7.84. The third kappa shape index (κ3) is 4.81. The van der Waals surface area contributed by atoms with Gasteiger partial charge < -0.3 is 14.6 Å². The molecule has 7 heteroatoms. The van der Waals surface area contributed by atoms with E-state index in [0.717, 1.165) is 32.1 Å². The number of hydrogen-bond acceptors (Lipinski definition) is 6. The molecule has 35 heavy (non-hydrogen) atoms. The van der Waals surface area contributed by atoms with E-state index >= 15 is 0 Å². The number of aryl methyl sites for hydroxylation is 4. The molecule has 0 bridgehead atoms. The maximum atomic E-state index is 13.0. The van der Waals surface area contributed by atoms with E-state index in [-0.39, 0.29) is 18.2 Å². The van der Waals surface area contributed by atoms with Crippen LogP contribution in [0.4, 0.5) is 5.69 Å². The van der Waals surface area contributed by atoms with Gasteiger partial charge in [-0.05, 0) is 81.3 Å². The number of rotatable bonds is 6. The van der Waals surface area contributed by atoms with Gasteiger partial charge in [0.2, 0.25) is 0 Å². The number of benzene rings is 3. The molecule has 0 fully saturated rings. The highest BCUT2D eigenvalue weighted by Gasteiger charge is 2.21. The van der Waals surface area contributed by atoms with E-state index in [0.29, 0.717) is 17.0 Å². The molecular weight excluding hydrogens is 458 g/mol. The second-order valence-electron chi connectivity index (χ2n) is 8.65. The number of ether oxygens (including phenoxy) is 1. The smallest absolute Gasteiger partial charge is 0.278 e. The Morgan fingerprint density at radius 1 is 0.971 bits per heavy atom. The van der Waals surface area contributed by atoms with Crippen LogP contribution < -0.4 is 10.1 Å². The van der Waals surface area contributed by atoms with Crippen LogP contribution in [-0.2, 0) is 6.61 Å². The Hall–Kier alpha value is -3.97. The van der Waals surface area contributed by atoms with Gasteiger partial charge in [-0.2, -0.15) is 0 Å². The summed E-state index contributed by atoms with van der Waals surface area (Å²) in [7, 11) is 0. The van der Waals surface area contributed by atoms with Crippen LogP contribution >= 0.6 is 11.3 Å². The van der Waals surface area contributed by atoms with E-state index in [4.69, 9.17) is 14.2 Å². The number of fused-ring (bicyclic) bond motifs is 1. The highest BCUT2D eigenvalue weighted by molar-refractivity contribution is 7.21. The number of anilines is 1. The van der Waals surface area contributed by atoms with Crippen molar-refractivity contribution >= 4 is 33.1 Å². The highest BCUT2D eigenvalue weighted by atomic mass is 32.1. The zero-order valence-corrected chi connectivity index (χ0v) is 20.8. The van der Waals surface area contributed by atoms with Crippen LogP contribution in [0.15, 0.2) is 65.2 Å². The van der Waals surface area contributed by atoms with Crippen LogP contribution in [-0.4, -0.2) is 16.0 Å². The molecule has 0 unspecified atom stereocenters. The van der Waals surface area contributed by atoms with Crippen molar-refractivity contribution in [3.63, 3.8) is 0 Å². The molecular formula is C28H25N3O3S. The third-order valence-corrected chi connectivity index (χ3v) is 6.90. The minimum atomic E-state index is -0.343. The molecule has 0 saturated carbocycles. The van der Waals surface area contributed by atoms with Crippen LogP contribution in [0.3, 0.4) is 0 Å². The SMILES string of the molecule is Cc1ccc(OCc2c(C(=O)Nc3ccc(-c4nc5ccc(C)cc5s4)cc3)noc2C)c(C)c1. The fourth-order valence-corrected chi connectivity index (χ4v) is 4.96. The zero-order valence-electron chi connectivity index (χ0n) is 20.0. The van der Waals surface area contributed by atoms with E-state index in [1.807, 2.05) is 56.3 Å². The van der Waals surface area contributed by atoms with Gasteiger partial charge in [0.25, 0.3) is 5.91 Å². The molecule has 0 spiro atoms. The predicted molar refractivity (Wildman–Crippen MR) is 139 cm³/mol. The van der Waals surface area contributed by atoms with Crippen molar-refractivity contribution in [2.75, 3.05) is 5.32 Å². The molecule has 0 aliphatic heterocycles. The van der Waals surface area contributed by atoms with Crippen molar-refractivity contribution in [1.29, 1.82) is 0 Å². The number of amides is 1. The van der Waals surface area contributed by atoms with E-state index < -0.39 is 0 Å². The fraction of sp³-hybridized carbons (Fsp3) is 0.179. The topological polar surface area (TPSA) is 77.2 Å². The maximum absolute atomic E-state index is 13.0. The van der Waals surface area contributed by atoms with E-state index in [1.54, 1.807) is 18.3 Å².